The Morgan fingerprint density at radius 2 is 0.625 bits per heavy atom. The van der Waals surface area contributed by atoms with E-state index in [4.69, 9.17) is 5.73 Å². The number of nitrogens with two attached hydrogens (primary N) is 1. The zero-order valence-corrected chi connectivity index (χ0v) is 28.1. The Balaban J connectivity index is 3.44. The molecule has 0 saturated heterocycles. The van der Waals surface area contributed by atoms with E-state index in [9.17, 15) is 0 Å². The zero-order chi connectivity index (χ0) is 29.0. The molecule has 0 bridgehead atoms. The monoisotopic (exact) mass is 560 g/mol. The lowest BCUT2D eigenvalue weighted by molar-refractivity contribution is 0.384. The third-order valence-electron chi connectivity index (χ3n) is 8.82. The summed E-state index contributed by atoms with van der Waals surface area (Å²) >= 11 is 0. The molecular weight excluding hydrogens is 482 g/mol. The Hall–Kier alpha value is -0.560. The number of allylic oxidation sites excluding steroid dienone is 4. The van der Waals surface area contributed by atoms with Gasteiger partial charge in [-0.25, -0.2) is 0 Å². The van der Waals surface area contributed by atoms with Gasteiger partial charge >= 0.3 is 0 Å². The van der Waals surface area contributed by atoms with Crippen LogP contribution in [0.3, 0.4) is 0 Å². The minimum absolute atomic E-state index is 0.878. The van der Waals surface area contributed by atoms with Gasteiger partial charge in [-0.2, -0.15) is 0 Å². The summed E-state index contributed by atoms with van der Waals surface area (Å²) in [5, 5.41) is 0. The average Bonchev–Trinajstić information content (AvgIpc) is 2.96. The van der Waals surface area contributed by atoms with E-state index in [-0.39, 0.29) is 0 Å². The van der Waals surface area contributed by atoms with Crippen molar-refractivity contribution >= 4 is 0 Å². The van der Waals surface area contributed by atoms with Crippen molar-refractivity contribution in [3.8, 4) is 0 Å². The first kappa shape index (κ1) is 39.4. The van der Waals surface area contributed by atoms with Crippen molar-refractivity contribution in [2.75, 3.05) is 6.54 Å². The molecule has 40 heavy (non-hydrogen) atoms. The molecule has 0 heterocycles. The maximum absolute atomic E-state index is 5.94. The fourth-order valence-electron chi connectivity index (χ4n) is 6.03. The van der Waals surface area contributed by atoms with Gasteiger partial charge in [-0.15, -0.1) is 0 Å². The van der Waals surface area contributed by atoms with Gasteiger partial charge in [0.1, 0.15) is 0 Å². The van der Waals surface area contributed by atoms with Gasteiger partial charge in [-0.3, -0.25) is 0 Å². The van der Waals surface area contributed by atoms with E-state index >= 15 is 0 Å². The quantitative estimate of drug-likeness (QED) is 0.0615. The summed E-state index contributed by atoms with van der Waals surface area (Å²) in [7, 11) is 0. The molecule has 0 amide bonds. The molecule has 0 fully saturated rings. The molecule has 2 N–H and O–H groups in total. The van der Waals surface area contributed by atoms with Crippen LogP contribution in [-0.4, -0.2) is 6.54 Å². The molecule has 0 radical (unpaired) electrons. The molecule has 1 nitrogen and oxygen atoms in total. The Kier molecular flexibility index (Phi) is 36.0. The molecule has 0 aromatic rings. The minimum Gasteiger partial charge on any atom is -0.330 e. The van der Waals surface area contributed by atoms with Crippen molar-refractivity contribution in [2.45, 2.75) is 213 Å². The van der Waals surface area contributed by atoms with Crippen LogP contribution in [0.1, 0.15) is 213 Å². The maximum atomic E-state index is 5.94. The highest BCUT2D eigenvalue weighted by molar-refractivity contribution is 4.82. The Morgan fingerprint density at radius 3 is 0.925 bits per heavy atom. The van der Waals surface area contributed by atoms with Gasteiger partial charge in [0, 0.05) is 0 Å². The summed E-state index contributed by atoms with van der Waals surface area (Å²) in [6, 6.07) is 0. The van der Waals surface area contributed by atoms with Gasteiger partial charge in [-0.05, 0) is 70.3 Å². The van der Waals surface area contributed by atoms with E-state index in [2.05, 4.69) is 38.2 Å². The molecule has 0 aromatic heterocycles. The molecule has 1 heteroatoms. The van der Waals surface area contributed by atoms with Gasteiger partial charge in [0.2, 0.25) is 0 Å². The maximum Gasteiger partial charge on any atom is -0.00746 e. The fourth-order valence-corrected chi connectivity index (χ4v) is 6.03. The van der Waals surface area contributed by atoms with Crippen molar-refractivity contribution in [3.63, 3.8) is 0 Å². The standard InChI is InChI=1S/C39H77N/c1-3-5-7-9-11-13-15-17-19-21-23-25-27-29-31-33-35-39(37-38-40)36-34-32-30-28-26-24-22-20-18-16-14-12-10-8-6-4-2/h17-20,39H,3-16,21-38,40H2,1-2H3. The van der Waals surface area contributed by atoms with Crippen molar-refractivity contribution in [1.29, 1.82) is 0 Å². The normalized spacial score (nSPS) is 12.8. The second-order valence-corrected chi connectivity index (χ2v) is 12.9. The number of hydrogen-bond acceptors (Lipinski definition) is 1. The van der Waals surface area contributed by atoms with E-state index in [0.29, 0.717) is 0 Å². The summed E-state index contributed by atoms with van der Waals surface area (Å²) in [6.07, 6.45) is 53.0. The fraction of sp³-hybridized carbons (Fsp3) is 0.897. The number of rotatable bonds is 34. The van der Waals surface area contributed by atoms with E-state index in [1.54, 1.807) is 0 Å². The van der Waals surface area contributed by atoms with E-state index in [0.717, 1.165) is 12.5 Å². The van der Waals surface area contributed by atoms with Crippen LogP contribution in [0.15, 0.2) is 24.3 Å². The first-order valence-electron chi connectivity index (χ1n) is 18.8. The topological polar surface area (TPSA) is 26.0 Å². The molecule has 0 aliphatic carbocycles. The molecule has 0 aliphatic heterocycles. The Morgan fingerprint density at radius 1 is 0.350 bits per heavy atom. The molecule has 0 aliphatic rings. The zero-order valence-electron chi connectivity index (χ0n) is 28.1. The van der Waals surface area contributed by atoms with Crippen LogP contribution in [0.25, 0.3) is 0 Å². The number of unbranched alkanes of at least 4 members (excludes halogenated alkanes) is 24. The minimum atomic E-state index is 0.878. The molecule has 0 saturated carbocycles. The first-order valence-corrected chi connectivity index (χ1v) is 18.8. The van der Waals surface area contributed by atoms with Gasteiger partial charge in [0.25, 0.3) is 0 Å². The third-order valence-corrected chi connectivity index (χ3v) is 8.82. The smallest absolute Gasteiger partial charge is 0.00746 e. The van der Waals surface area contributed by atoms with Crippen molar-refractivity contribution in [3.05, 3.63) is 24.3 Å². The van der Waals surface area contributed by atoms with Gasteiger partial charge < -0.3 is 5.73 Å². The van der Waals surface area contributed by atoms with Gasteiger partial charge in [0.05, 0.1) is 0 Å². The Labute approximate surface area is 255 Å². The van der Waals surface area contributed by atoms with E-state index < -0.39 is 0 Å². The van der Waals surface area contributed by atoms with E-state index in [1.807, 2.05) is 0 Å². The van der Waals surface area contributed by atoms with Crippen molar-refractivity contribution in [2.24, 2.45) is 11.7 Å². The Bertz CT molecular complexity index is 451. The van der Waals surface area contributed by atoms with Gasteiger partial charge in [0.15, 0.2) is 0 Å². The summed E-state index contributed by atoms with van der Waals surface area (Å²) in [4.78, 5) is 0. The molecule has 0 unspecified atom stereocenters. The van der Waals surface area contributed by atoms with Crippen LogP contribution < -0.4 is 5.73 Å². The van der Waals surface area contributed by atoms with Crippen LogP contribution in [0.4, 0.5) is 0 Å². The highest BCUT2D eigenvalue weighted by Gasteiger charge is 2.07. The largest absolute Gasteiger partial charge is 0.330 e. The van der Waals surface area contributed by atoms with Gasteiger partial charge in [-0.1, -0.05) is 179 Å². The van der Waals surface area contributed by atoms with Crippen molar-refractivity contribution in [1.82, 2.24) is 0 Å². The predicted molar refractivity (Wildman–Crippen MR) is 185 cm³/mol. The first-order chi connectivity index (χ1) is 19.8. The SMILES string of the molecule is CCCCCCCCC=CCCCCCCCCC(CCN)CCCCCCCCC=CCCCCCCCC. The van der Waals surface area contributed by atoms with Crippen LogP contribution in [-0.2, 0) is 0 Å². The van der Waals surface area contributed by atoms with Crippen LogP contribution >= 0.6 is 0 Å². The second-order valence-electron chi connectivity index (χ2n) is 12.9. The highest BCUT2D eigenvalue weighted by Crippen LogP contribution is 2.22. The highest BCUT2D eigenvalue weighted by atomic mass is 14.5. The van der Waals surface area contributed by atoms with Crippen LogP contribution in [0, 0.1) is 5.92 Å². The van der Waals surface area contributed by atoms with E-state index in [1.165, 1.54) is 199 Å². The molecular formula is C39H77N. The molecule has 0 rings (SSSR count). The average molecular weight is 560 g/mol. The molecule has 0 spiro atoms. The lowest BCUT2D eigenvalue weighted by Crippen LogP contribution is -2.09. The lowest BCUT2D eigenvalue weighted by Gasteiger charge is -2.16. The molecule has 0 atom stereocenters. The third kappa shape index (κ3) is 33.6. The van der Waals surface area contributed by atoms with Crippen molar-refractivity contribution < 1.29 is 0 Å². The number of hydrogen-bond donors (Lipinski definition) is 1. The van der Waals surface area contributed by atoms with Crippen LogP contribution in [0.2, 0.25) is 0 Å². The lowest BCUT2D eigenvalue weighted by atomic mass is 9.91. The summed E-state index contributed by atoms with van der Waals surface area (Å²) in [6.45, 7) is 5.47. The molecule has 238 valence electrons. The summed E-state index contributed by atoms with van der Waals surface area (Å²) < 4.78 is 0. The second kappa shape index (κ2) is 36.5. The summed E-state index contributed by atoms with van der Waals surface area (Å²) in [5.74, 6) is 0.888. The predicted octanol–water partition coefficient (Wildman–Crippen LogP) is 13.8. The summed E-state index contributed by atoms with van der Waals surface area (Å²) in [5.41, 5.74) is 5.94. The molecule has 0 aromatic carbocycles. The van der Waals surface area contributed by atoms with Crippen LogP contribution in [0.5, 0.6) is 0 Å².